The molecule has 1 aliphatic rings. The van der Waals surface area contributed by atoms with Crippen LogP contribution in [0, 0.1) is 0 Å². The normalized spacial score (nSPS) is 20.4. The molecule has 3 nitrogen and oxygen atoms in total. The van der Waals surface area contributed by atoms with Crippen LogP contribution in [0.25, 0.3) is 0 Å². The highest BCUT2D eigenvalue weighted by Crippen LogP contribution is 2.18. The van der Waals surface area contributed by atoms with Gasteiger partial charge in [0.2, 0.25) is 0 Å². The molecule has 1 rings (SSSR count). The number of hydrogen-bond acceptors (Lipinski definition) is 3. The summed E-state index contributed by atoms with van der Waals surface area (Å²) in [6.45, 7) is 5.09. The van der Waals surface area contributed by atoms with E-state index < -0.39 is 0 Å². The first-order valence-corrected chi connectivity index (χ1v) is 8.03. The van der Waals surface area contributed by atoms with Gasteiger partial charge in [0.05, 0.1) is 12.2 Å². The van der Waals surface area contributed by atoms with Gasteiger partial charge in [-0.3, -0.25) is 4.79 Å². The smallest absolute Gasteiger partial charge is 0.306 e. The van der Waals surface area contributed by atoms with Crippen LogP contribution in [0.3, 0.4) is 0 Å². The van der Waals surface area contributed by atoms with Crippen LogP contribution in [0.15, 0.2) is 0 Å². The highest BCUT2D eigenvalue weighted by atomic mass is 16.5. The van der Waals surface area contributed by atoms with E-state index in [9.17, 15) is 4.79 Å². The van der Waals surface area contributed by atoms with Gasteiger partial charge in [0, 0.05) is 13.0 Å². The average molecular weight is 270 g/mol. The third-order valence-corrected chi connectivity index (χ3v) is 3.74. The van der Waals surface area contributed by atoms with Gasteiger partial charge < -0.3 is 9.47 Å². The van der Waals surface area contributed by atoms with E-state index in [-0.39, 0.29) is 12.1 Å². The Kier molecular flexibility index (Phi) is 8.89. The van der Waals surface area contributed by atoms with Crippen LogP contribution in [-0.4, -0.2) is 24.8 Å². The first-order valence-electron chi connectivity index (χ1n) is 8.03. The predicted molar refractivity (Wildman–Crippen MR) is 77.1 cm³/mol. The largest absolute Gasteiger partial charge is 0.463 e. The highest BCUT2D eigenvalue weighted by Gasteiger charge is 2.17. The van der Waals surface area contributed by atoms with Gasteiger partial charge in [-0.05, 0) is 39.0 Å². The Balaban J connectivity index is 1.97. The average Bonchev–Trinajstić information content (AvgIpc) is 2.89. The van der Waals surface area contributed by atoms with Gasteiger partial charge in [-0.1, -0.05) is 32.6 Å². The molecule has 1 aliphatic heterocycles. The number of carbonyl (C=O) groups excluding carboxylic acids is 1. The van der Waals surface area contributed by atoms with Crippen molar-refractivity contribution in [2.45, 2.75) is 90.3 Å². The van der Waals surface area contributed by atoms with Crippen molar-refractivity contribution in [2.75, 3.05) is 6.61 Å². The molecule has 112 valence electrons. The van der Waals surface area contributed by atoms with E-state index in [1.165, 1.54) is 25.7 Å². The Bertz CT molecular complexity index is 234. The number of ether oxygens (including phenoxy) is 2. The second-order valence-electron chi connectivity index (χ2n) is 5.68. The predicted octanol–water partition coefficient (Wildman–Crippen LogP) is 4.24. The van der Waals surface area contributed by atoms with Gasteiger partial charge in [0.15, 0.2) is 0 Å². The summed E-state index contributed by atoms with van der Waals surface area (Å²) in [7, 11) is 0. The third kappa shape index (κ3) is 8.25. The van der Waals surface area contributed by atoms with Crippen molar-refractivity contribution in [2.24, 2.45) is 0 Å². The zero-order valence-corrected chi connectivity index (χ0v) is 12.7. The Morgan fingerprint density at radius 1 is 1.32 bits per heavy atom. The van der Waals surface area contributed by atoms with Crippen LogP contribution in [0.2, 0.25) is 0 Å². The highest BCUT2D eigenvalue weighted by molar-refractivity contribution is 5.69. The van der Waals surface area contributed by atoms with Crippen LogP contribution in [0.1, 0.15) is 78.1 Å². The maximum Gasteiger partial charge on any atom is 0.306 e. The maximum absolute atomic E-state index is 11.6. The Morgan fingerprint density at radius 2 is 2.11 bits per heavy atom. The quantitative estimate of drug-likeness (QED) is 0.440. The topological polar surface area (TPSA) is 35.5 Å². The van der Waals surface area contributed by atoms with Crippen molar-refractivity contribution in [1.29, 1.82) is 0 Å². The molecule has 2 atom stereocenters. The van der Waals surface area contributed by atoms with Crippen molar-refractivity contribution in [3.05, 3.63) is 0 Å². The van der Waals surface area contributed by atoms with Crippen molar-refractivity contribution < 1.29 is 14.3 Å². The molecule has 0 saturated carbocycles. The molecule has 0 aromatic carbocycles. The number of rotatable bonds is 10. The van der Waals surface area contributed by atoms with Crippen LogP contribution < -0.4 is 0 Å². The second-order valence-corrected chi connectivity index (χ2v) is 5.68. The fraction of sp³-hybridized carbons (Fsp3) is 0.938. The van der Waals surface area contributed by atoms with E-state index in [0.717, 1.165) is 38.7 Å². The second kappa shape index (κ2) is 10.2. The summed E-state index contributed by atoms with van der Waals surface area (Å²) in [5, 5.41) is 0. The van der Waals surface area contributed by atoms with Crippen LogP contribution in [0.4, 0.5) is 0 Å². The summed E-state index contributed by atoms with van der Waals surface area (Å²) < 4.78 is 11.0. The van der Waals surface area contributed by atoms with Gasteiger partial charge in [-0.25, -0.2) is 0 Å². The molecule has 0 unspecified atom stereocenters. The molecule has 0 amide bonds. The monoisotopic (exact) mass is 270 g/mol. The van der Waals surface area contributed by atoms with E-state index in [2.05, 4.69) is 6.92 Å². The van der Waals surface area contributed by atoms with Crippen molar-refractivity contribution in [3.63, 3.8) is 0 Å². The molecule has 19 heavy (non-hydrogen) atoms. The fourth-order valence-corrected chi connectivity index (χ4v) is 2.51. The van der Waals surface area contributed by atoms with Gasteiger partial charge in [-0.2, -0.15) is 0 Å². The van der Waals surface area contributed by atoms with E-state index in [1.807, 2.05) is 6.92 Å². The zero-order valence-electron chi connectivity index (χ0n) is 12.7. The lowest BCUT2D eigenvalue weighted by Crippen LogP contribution is -2.17. The lowest BCUT2D eigenvalue weighted by Gasteiger charge is -2.15. The Labute approximate surface area is 118 Å². The molecule has 0 N–H and O–H groups in total. The maximum atomic E-state index is 11.6. The number of hydrogen-bond donors (Lipinski definition) is 0. The standard InChI is InChI=1S/C16H30O3/c1-3-4-5-6-7-10-16(17)19-14(2)11-12-15-9-8-13-18-15/h14-15H,3-13H2,1-2H3/t14-,15+/m1/s1. The molecule has 0 aromatic heterocycles. The van der Waals surface area contributed by atoms with Crippen molar-refractivity contribution >= 4 is 5.97 Å². The van der Waals surface area contributed by atoms with Gasteiger partial charge in [0.25, 0.3) is 0 Å². The summed E-state index contributed by atoms with van der Waals surface area (Å²) in [5.74, 6) is -0.0312. The summed E-state index contributed by atoms with van der Waals surface area (Å²) in [6.07, 6.45) is 11.2. The summed E-state index contributed by atoms with van der Waals surface area (Å²) >= 11 is 0. The molecular formula is C16H30O3. The summed E-state index contributed by atoms with van der Waals surface area (Å²) in [4.78, 5) is 11.6. The molecule has 1 saturated heterocycles. The molecule has 0 aliphatic carbocycles. The minimum absolute atomic E-state index is 0.0312. The molecule has 1 fully saturated rings. The van der Waals surface area contributed by atoms with Crippen LogP contribution >= 0.6 is 0 Å². The zero-order chi connectivity index (χ0) is 13.9. The molecular weight excluding hydrogens is 240 g/mol. The number of esters is 1. The molecule has 0 bridgehead atoms. The third-order valence-electron chi connectivity index (χ3n) is 3.74. The number of unbranched alkanes of at least 4 members (excludes halogenated alkanes) is 4. The number of carbonyl (C=O) groups is 1. The fourth-order valence-electron chi connectivity index (χ4n) is 2.51. The van der Waals surface area contributed by atoms with Gasteiger partial charge >= 0.3 is 5.97 Å². The first-order chi connectivity index (χ1) is 9.22. The van der Waals surface area contributed by atoms with Crippen LogP contribution in [0.5, 0.6) is 0 Å². The molecule has 0 aromatic rings. The minimum atomic E-state index is -0.0312. The van der Waals surface area contributed by atoms with Gasteiger partial charge in [0.1, 0.15) is 0 Å². The van der Waals surface area contributed by atoms with Gasteiger partial charge in [-0.15, -0.1) is 0 Å². The van der Waals surface area contributed by atoms with E-state index in [0.29, 0.717) is 12.5 Å². The lowest BCUT2D eigenvalue weighted by atomic mass is 10.1. The molecule has 0 radical (unpaired) electrons. The molecule has 1 heterocycles. The first kappa shape index (κ1) is 16.5. The van der Waals surface area contributed by atoms with Crippen molar-refractivity contribution in [3.8, 4) is 0 Å². The molecule has 3 heteroatoms. The van der Waals surface area contributed by atoms with Crippen molar-refractivity contribution in [1.82, 2.24) is 0 Å². The van der Waals surface area contributed by atoms with E-state index >= 15 is 0 Å². The summed E-state index contributed by atoms with van der Waals surface area (Å²) in [6, 6.07) is 0. The minimum Gasteiger partial charge on any atom is -0.463 e. The van der Waals surface area contributed by atoms with E-state index in [1.54, 1.807) is 0 Å². The Hall–Kier alpha value is -0.570. The summed E-state index contributed by atoms with van der Waals surface area (Å²) in [5.41, 5.74) is 0. The molecule has 0 spiro atoms. The Morgan fingerprint density at radius 3 is 2.79 bits per heavy atom. The lowest BCUT2D eigenvalue weighted by molar-refractivity contribution is -0.148. The van der Waals surface area contributed by atoms with Crippen LogP contribution in [-0.2, 0) is 14.3 Å². The SMILES string of the molecule is CCCCCCCC(=O)O[C@H](C)CC[C@@H]1CCCO1. The van der Waals surface area contributed by atoms with E-state index in [4.69, 9.17) is 9.47 Å².